The van der Waals surface area contributed by atoms with Crippen molar-refractivity contribution in [3.63, 3.8) is 0 Å². The third kappa shape index (κ3) is 7.38. The third-order valence-electron chi connectivity index (χ3n) is 2.60. The Morgan fingerprint density at radius 3 is 1.35 bits per heavy atom. The molecule has 1 aromatic carbocycles. The van der Waals surface area contributed by atoms with Crippen LogP contribution in [0.15, 0.2) is 24.3 Å². The molecule has 0 spiro atoms. The maximum atomic E-state index is 3.44. The molecule has 0 saturated heterocycles. The summed E-state index contributed by atoms with van der Waals surface area (Å²) in [7, 11) is -2.52. The Balaban J connectivity index is 2.82. The Morgan fingerprint density at radius 1 is 0.700 bits per heavy atom. The lowest BCUT2D eigenvalue weighted by Crippen LogP contribution is -2.16. The van der Waals surface area contributed by atoms with Gasteiger partial charge in [0.25, 0.3) is 0 Å². The lowest BCUT2D eigenvalue weighted by Gasteiger charge is -2.06. The SMILES string of the molecule is C[Si](C)(C)C#CCc1ccccc1CC#C[Si](C)(C)C. The van der Waals surface area contributed by atoms with Crippen molar-refractivity contribution in [3.8, 4) is 22.9 Å². The summed E-state index contributed by atoms with van der Waals surface area (Å²) in [4.78, 5) is 0. The summed E-state index contributed by atoms with van der Waals surface area (Å²) in [6.07, 6.45) is 1.71. The second kappa shape index (κ2) is 6.98. The minimum Gasteiger partial charge on any atom is -0.132 e. The van der Waals surface area contributed by atoms with Crippen LogP contribution in [0.2, 0.25) is 39.3 Å². The highest BCUT2D eigenvalue weighted by molar-refractivity contribution is 6.84. The van der Waals surface area contributed by atoms with Gasteiger partial charge in [-0.2, -0.15) is 0 Å². The monoisotopic (exact) mass is 298 g/mol. The summed E-state index contributed by atoms with van der Waals surface area (Å²) in [5, 5.41) is 0. The van der Waals surface area contributed by atoms with Gasteiger partial charge in [0.05, 0.1) is 0 Å². The van der Waals surface area contributed by atoms with Crippen molar-refractivity contribution in [1.29, 1.82) is 0 Å². The molecule has 0 N–H and O–H groups in total. The van der Waals surface area contributed by atoms with E-state index in [2.05, 4.69) is 86.5 Å². The summed E-state index contributed by atoms with van der Waals surface area (Å²) in [5.41, 5.74) is 9.55. The molecular weight excluding hydrogens is 272 g/mol. The predicted octanol–water partition coefficient (Wildman–Crippen LogP) is 4.53. The van der Waals surface area contributed by atoms with Gasteiger partial charge < -0.3 is 0 Å². The summed E-state index contributed by atoms with van der Waals surface area (Å²) < 4.78 is 0. The zero-order valence-electron chi connectivity index (χ0n) is 13.7. The van der Waals surface area contributed by atoms with Crippen molar-refractivity contribution < 1.29 is 0 Å². The van der Waals surface area contributed by atoms with Crippen LogP contribution in [0.4, 0.5) is 0 Å². The van der Waals surface area contributed by atoms with Crippen LogP contribution in [-0.4, -0.2) is 16.1 Å². The minimum absolute atomic E-state index is 0.856. The van der Waals surface area contributed by atoms with Gasteiger partial charge in [-0.15, -0.1) is 22.9 Å². The fourth-order valence-electron chi connectivity index (χ4n) is 1.71. The van der Waals surface area contributed by atoms with Gasteiger partial charge in [0.2, 0.25) is 0 Å². The first kappa shape index (κ1) is 16.8. The van der Waals surface area contributed by atoms with E-state index in [1.807, 2.05) is 0 Å². The summed E-state index contributed by atoms with van der Waals surface area (Å²) in [6.45, 7) is 13.7. The first-order valence-corrected chi connectivity index (χ1v) is 14.2. The standard InChI is InChI=1S/C18H26Si2/c1-19(2,3)15-9-13-17-11-7-8-12-18(17)14-10-16-20(4,5)6/h7-8,11-12H,13-14H2,1-6H3. The Kier molecular flexibility index (Phi) is 5.87. The van der Waals surface area contributed by atoms with E-state index >= 15 is 0 Å². The van der Waals surface area contributed by atoms with Crippen LogP contribution in [0.3, 0.4) is 0 Å². The van der Waals surface area contributed by atoms with Gasteiger partial charge >= 0.3 is 0 Å². The smallest absolute Gasteiger partial charge is 0.129 e. The topological polar surface area (TPSA) is 0 Å². The highest BCUT2D eigenvalue weighted by Gasteiger charge is 2.08. The van der Waals surface area contributed by atoms with E-state index in [-0.39, 0.29) is 0 Å². The molecular formula is C18H26Si2. The van der Waals surface area contributed by atoms with Crippen LogP contribution in [0.5, 0.6) is 0 Å². The van der Waals surface area contributed by atoms with Crippen molar-refractivity contribution in [2.75, 3.05) is 0 Å². The zero-order chi connectivity index (χ0) is 15.2. The molecule has 20 heavy (non-hydrogen) atoms. The summed E-state index contributed by atoms with van der Waals surface area (Å²) in [6, 6.07) is 8.57. The molecule has 1 aromatic rings. The van der Waals surface area contributed by atoms with E-state index < -0.39 is 16.1 Å². The molecule has 0 radical (unpaired) electrons. The molecule has 0 bridgehead atoms. The van der Waals surface area contributed by atoms with Crippen LogP contribution < -0.4 is 0 Å². The molecule has 0 aromatic heterocycles. The molecule has 0 atom stereocenters. The Morgan fingerprint density at radius 2 is 1.05 bits per heavy atom. The molecule has 0 aliphatic heterocycles. The molecule has 0 saturated carbocycles. The van der Waals surface area contributed by atoms with Gasteiger partial charge in [0.1, 0.15) is 16.1 Å². The highest BCUT2D eigenvalue weighted by Crippen LogP contribution is 2.10. The molecule has 0 aliphatic carbocycles. The van der Waals surface area contributed by atoms with Gasteiger partial charge in [-0.25, -0.2) is 0 Å². The maximum Gasteiger partial charge on any atom is 0.129 e. The van der Waals surface area contributed by atoms with Gasteiger partial charge in [-0.1, -0.05) is 63.5 Å². The zero-order valence-corrected chi connectivity index (χ0v) is 15.7. The molecule has 0 heterocycles. The first-order valence-electron chi connectivity index (χ1n) is 7.24. The Bertz CT molecular complexity index is 511. The third-order valence-corrected chi connectivity index (χ3v) is 4.46. The summed E-state index contributed by atoms with van der Waals surface area (Å²) >= 11 is 0. The van der Waals surface area contributed by atoms with E-state index in [9.17, 15) is 0 Å². The molecule has 2 heteroatoms. The average molecular weight is 299 g/mol. The van der Waals surface area contributed by atoms with Gasteiger partial charge in [-0.05, 0) is 11.1 Å². The Hall–Kier alpha value is -1.23. The molecule has 0 fully saturated rings. The number of hydrogen-bond acceptors (Lipinski definition) is 0. The van der Waals surface area contributed by atoms with Crippen molar-refractivity contribution in [2.24, 2.45) is 0 Å². The fourth-order valence-corrected chi connectivity index (χ4v) is 2.95. The van der Waals surface area contributed by atoms with Crippen molar-refractivity contribution in [1.82, 2.24) is 0 Å². The van der Waals surface area contributed by atoms with Crippen LogP contribution in [0, 0.1) is 22.9 Å². The molecule has 0 aliphatic rings. The highest BCUT2D eigenvalue weighted by atomic mass is 28.3. The van der Waals surface area contributed by atoms with E-state index in [1.165, 1.54) is 11.1 Å². The number of rotatable bonds is 2. The minimum atomic E-state index is -1.26. The van der Waals surface area contributed by atoms with E-state index in [0.717, 1.165) is 12.8 Å². The van der Waals surface area contributed by atoms with Gasteiger partial charge in [-0.3, -0.25) is 0 Å². The van der Waals surface area contributed by atoms with E-state index in [1.54, 1.807) is 0 Å². The largest absolute Gasteiger partial charge is 0.132 e. The number of hydrogen-bond donors (Lipinski definition) is 0. The number of benzene rings is 1. The predicted molar refractivity (Wildman–Crippen MR) is 96.1 cm³/mol. The molecule has 0 nitrogen and oxygen atoms in total. The van der Waals surface area contributed by atoms with Crippen molar-refractivity contribution >= 4 is 16.1 Å². The lowest BCUT2D eigenvalue weighted by molar-refractivity contribution is 1.19. The van der Waals surface area contributed by atoms with Crippen LogP contribution in [-0.2, 0) is 12.8 Å². The second-order valence-corrected chi connectivity index (χ2v) is 16.7. The van der Waals surface area contributed by atoms with Gasteiger partial charge in [0, 0.05) is 12.8 Å². The van der Waals surface area contributed by atoms with Crippen LogP contribution in [0.1, 0.15) is 11.1 Å². The Labute approximate surface area is 127 Å². The van der Waals surface area contributed by atoms with E-state index in [0.29, 0.717) is 0 Å². The fraction of sp³-hybridized carbons (Fsp3) is 0.444. The van der Waals surface area contributed by atoms with Crippen LogP contribution >= 0.6 is 0 Å². The summed E-state index contributed by atoms with van der Waals surface area (Å²) in [5.74, 6) is 6.72. The van der Waals surface area contributed by atoms with Crippen molar-refractivity contribution in [2.45, 2.75) is 52.1 Å². The second-order valence-electron chi connectivity index (χ2n) is 7.23. The molecule has 0 amide bonds. The quantitative estimate of drug-likeness (QED) is 0.556. The average Bonchev–Trinajstić information content (AvgIpc) is 2.28. The van der Waals surface area contributed by atoms with E-state index in [4.69, 9.17) is 0 Å². The molecule has 1 rings (SSSR count). The normalized spacial score (nSPS) is 11.1. The van der Waals surface area contributed by atoms with Crippen LogP contribution in [0.25, 0.3) is 0 Å². The van der Waals surface area contributed by atoms with Crippen molar-refractivity contribution in [3.05, 3.63) is 35.4 Å². The molecule has 0 unspecified atom stereocenters. The maximum absolute atomic E-state index is 3.44. The van der Waals surface area contributed by atoms with Gasteiger partial charge in [0.15, 0.2) is 0 Å². The first-order chi connectivity index (χ1) is 9.17. The lowest BCUT2D eigenvalue weighted by atomic mass is 10.0. The molecule has 106 valence electrons.